The highest BCUT2D eigenvalue weighted by atomic mass is 35.5. The van der Waals surface area contributed by atoms with Gasteiger partial charge in [0.05, 0.1) is 11.1 Å². The van der Waals surface area contributed by atoms with Crippen molar-refractivity contribution in [3.8, 4) is 5.75 Å². The molecule has 7 heteroatoms. The molecule has 1 heterocycles. The maximum absolute atomic E-state index is 11.9. The van der Waals surface area contributed by atoms with Gasteiger partial charge in [0.15, 0.2) is 6.61 Å². The van der Waals surface area contributed by atoms with E-state index in [0.717, 1.165) is 4.90 Å². The van der Waals surface area contributed by atoms with Crippen LogP contribution in [0.15, 0.2) is 42.5 Å². The fraction of sp³-hybridized carbons (Fsp3) is 0.118. The molecular formula is C17H13ClN2O4. The third-order valence-corrected chi connectivity index (χ3v) is 3.81. The zero-order valence-electron chi connectivity index (χ0n) is 12.7. The van der Waals surface area contributed by atoms with Crippen molar-refractivity contribution in [2.45, 2.75) is 0 Å². The molecule has 1 aliphatic heterocycles. The molecule has 0 fully saturated rings. The summed E-state index contributed by atoms with van der Waals surface area (Å²) in [7, 11) is 1.42. The molecule has 122 valence electrons. The largest absolute Gasteiger partial charge is 0.484 e. The Hall–Kier alpha value is -2.86. The number of carbonyl (C=O) groups is 3. The van der Waals surface area contributed by atoms with Crippen molar-refractivity contribution in [3.05, 3.63) is 58.6 Å². The van der Waals surface area contributed by atoms with E-state index in [1.807, 2.05) is 0 Å². The second-order valence-corrected chi connectivity index (χ2v) is 5.66. The molecule has 0 saturated heterocycles. The van der Waals surface area contributed by atoms with Gasteiger partial charge in [-0.2, -0.15) is 0 Å². The predicted molar refractivity (Wildman–Crippen MR) is 88.4 cm³/mol. The van der Waals surface area contributed by atoms with Gasteiger partial charge in [0.1, 0.15) is 5.75 Å². The van der Waals surface area contributed by atoms with Crippen LogP contribution in [0.25, 0.3) is 0 Å². The number of carbonyl (C=O) groups excluding carboxylic acids is 3. The predicted octanol–water partition coefficient (Wildman–Crippen LogP) is 2.58. The van der Waals surface area contributed by atoms with Crippen LogP contribution in [-0.4, -0.2) is 36.3 Å². The SMILES string of the molecule is CN1C(=O)c2ccc(NC(=O)COc3ccc(Cl)cc3)cc2C1=O. The average molecular weight is 345 g/mol. The van der Waals surface area contributed by atoms with Crippen molar-refractivity contribution in [3.63, 3.8) is 0 Å². The van der Waals surface area contributed by atoms with Crippen molar-refractivity contribution in [2.24, 2.45) is 0 Å². The van der Waals surface area contributed by atoms with Gasteiger partial charge in [-0.05, 0) is 42.5 Å². The number of anilines is 1. The second-order valence-electron chi connectivity index (χ2n) is 5.22. The Morgan fingerprint density at radius 3 is 2.46 bits per heavy atom. The molecule has 0 aromatic heterocycles. The molecule has 0 atom stereocenters. The third kappa shape index (κ3) is 3.09. The minimum absolute atomic E-state index is 0.189. The van der Waals surface area contributed by atoms with Crippen LogP contribution in [0, 0.1) is 0 Å². The molecule has 3 amide bonds. The molecule has 24 heavy (non-hydrogen) atoms. The number of hydrogen-bond donors (Lipinski definition) is 1. The van der Waals surface area contributed by atoms with Crippen LogP contribution in [0.2, 0.25) is 5.02 Å². The minimum atomic E-state index is -0.386. The fourth-order valence-corrected chi connectivity index (χ4v) is 2.44. The summed E-state index contributed by atoms with van der Waals surface area (Å²) in [4.78, 5) is 36.7. The van der Waals surface area contributed by atoms with E-state index < -0.39 is 0 Å². The topological polar surface area (TPSA) is 75.7 Å². The molecule has 3 rings (SSSR count). The quantitative estimate of drug-likeness (QED) is 0.865. The molecule has 1 N–H and O–H groups in total. The summed E-state index contributed by atoms with van der Waals surface area (Å²) in [5.41, 5.74) is 1.03. The standard InChI is InChI=1S/C17H13ClN2O4/c1-20-16(22)13-7-4-11(8-14(13)17(20)23)19-15(21)9-24-12-5-2-10(18)3-6-12/h2-8H,9H2,1H3,(H,19,21). The van der Waals surface area contributed by atoms with Gasteiger partial charge in [-0.3, -0.25) is 19.3 Å². The summed E-state index contributed by atoms with van der Waals surface area (Å²) in [6.07, 6.45) is 0. The lowest BCUT2D eigenvalue weighted by molar-refractivity contribution is -0.118. The summed E-state index contributed by atoms with van der Waals surface area (Å²) in [6, 6.07) is 11.2. The smallest absolute Gasteiger partial charge is 0.262 e. The summed E-state index contributed by atoms with van der Waals surface area (Å²) in [6.45, 7) is -0.189. The van der Waals surface area contributed by atoms with Crippen LogP contribution in [-0.2, 0) is 4.79 Å². The Labute approximate surface area is 143 Å². The van der Waals surface area contributed by atoms with Gasteiger partial charge in [-0.25, -0.2) is 0 Å². The van der Waals surface area contributed by atoms with E-state index in [1.54, 1.807) is 30.3 Å². The van der Waals surface area contributed by atoms with Crippen molar-refractivity contribution < 1.29 is 19.1 Å². The van der Waals surface area contributed by atoms with E-state index >= 15 is 0 Å². The first-order valence-corrected chi connectivity index (χ1v) is 7.48. The van der Waals surface area contributed by atoms with E-state index in [-0.39, 0.29) is 29.9 Å². The van der Waals surface area contributed by atoms with Crippen molar-refractivity contribution in [1.29, 1.82) is 0 Å². The highest BCUT2D eigenvalue weighted by Crippen LogP contribution is 2.24. The number of hydrogen-bond acceptors (Lipinski definition) is 4. The first-order chi connectivity index (χ1) is 11.5. The highest BCUT2D eigenvalue weighted by molar-refractivity contribution is 6.30. The van der Waals surface area contributed by atoms with Crippen molar-refractivity contribution >= 4 is 35.0 Å². The van der Waals surface area contributed by atoms with E-state index in [1.165, 1.54) is 19.2 Å². The summed E-state index contributed by atoms with van der Waals surface area (Å²) >= 11 is 5.77. The second kappa shape index (κ2) is 6.33. The van der Waals surface area contributed by atoms with Crippen LogP contribution in [0.5, 0.6) is 5.75 Å². The van der Waals surface area contributed by atoms with Crippen LogP contribution in [0.1, 0.15) is 20.7 Å². The first kappa shape index (κ1) is 16.0. The number of benzene rings is 2. The third-order valence-electron chi connectivity index (χ3n) is 3.56. The van der Waals surface area contributed by atoms with Gasteiger partial charge in [0.2, 0.25) is 0 Å². The minimum Gasteiger partial charge on any atom is -0.484 e. The van der Waals surface area contributed by atoms with Crippen molar-refractivity contribution in [1.82, 2.24) is 4.90 Å². The zero-order valence-corrected chi connectivity index (χ0v) is 13.5. The Morgan fingerprint density at radius 1 is 1.08 bits per heavy atom. The number of nitrogens with zero attached hydrogens (tertiary/aromatic N) is 1. The number of imide groups is 1. The number of rotatable bonds is 4. The number of amides is 3. The first-order valence-electron chi connectivity index (χ1n) is 7.10. The molecule has 0 spiro atoms. The molecule has 2 aromatic carbocycles. The molecular weight excluding hydrogens is 332 g/mol. The monoisotopic (exact) mass is 344 g/mol. The lowest BCUT2D eigenvalue weighted by Crippen LogP contribution is -2.24. The Kier molecular flexibility index (Phi) is 4.22. The summed E-state index contributed by atoms with van der Waals surface area (Å²) < 4.78 is 5.34. The van der Waals surface area contributed by atoms with Gasteiger partial charge in [-0.15, -0.1) is 0 Å². The summed E-state index contributed by atoms with van der Waals surface area (Å²) in [5, 5.41) is 3.21. The normalized spacial score (nSPS) is 13.0. The maximum Gasteiger partial charge on any atom is 0.262 e. The number of nitrogens with one attached hydrogen (secondary N) is 1. The molecule has 1 aliphatic rings. The van der Waals surface area contributed by atoms with Crippen LogP contribution >= 0.6 is 11.6 Å². The molecule has 0 aliphatic carbocycles. The lowest BCUT2D eigenvalue weighted by Gasteiger charge is -2.08. The van der Waals surface area contributed by atoms with Crippen LogP contribution in [0.3, 0.4) is 0 Å². The van der Waals surface area contributed by atoms with E-state index in [4.69, 9.17) is 16.3 Å². The van der Waals surface area contributed by atoms with Crippen LogP contribution < -0.4 is 10.1 Å². The van der Waals surface area contributed by atoms with Crippen LogP contribution in [0.4, 0.5) is 5.69 Å². The zero-order chi connectivity index (χ0) is 17.3. The Balaban J connectivity index is 1.64. The van der Waals surface area contributed by atoms with Crippen molar-refractivity contribution in [2.75, 3.05) is 19.0 Å². The Bertz CT molecular complexity index is 833. The molecule has 0 radical (unpaired) electrons. The van der Waals surface area contributed by atoms with E-state index in [0.29, 0.717) is 22.0 Å². The maximum atomic E-state index is 11.9. The number of ether oxygens (including phenoxy) is 1. The lowest BCUT2D eigenvalue weighted by atomic mass is 10.1. The van der Waals surface area contributed by atoms with Gasteiger partial charge in [0.25, 0.3) is 17.7 Å². The fourth-order valence-electron chi connectivity index (χ4n) is 2.32. The molecule has 0 bridgehead atoms. The average Bonchev–Trinajstić information content (AvgIpc) is 2.79. The van der Waals surface area contributed by atoms with Gasteiger partial charge >= 0.3 is 0 Å². The van der Waals surface area contributed by atoms with E-state index in [2.05, 4.69) is 5.32 Å². The molecule has 6 nitrogen and oxygen atoms in total. The molecule has 2 aromatic rings. The summed E-state index contributed by atoms with van der Waals surface area (Å²) in [5.74, 6) is -0.594. The van der Waals surface area contributed by atoms with E-state index in [9.17, 15) is 14.4 Å². The highest BCUT2D eigenvalue weighted by Gasteiger charge is 2.32. The Morgan fingerprint density at radius 2 is 1.75 bits per heavy atom. The number of halogens is 1. The molecule has 0 saturated carbocycles. The van der Waals surface area contributed by atoms with Gasteiger partial charge < -0.3 is 10.1 Å². The number of fused-ring (bicyclic) bond motifs is 1. The van der Waals surface area contributed by atoms with Gasteiger partial charge in [0, 0.05) is 17.8 Å². The molecule has 0 unspecified atom stereocenters. The van der Waals surface area contributed by atoms with Gasteiger partial charge in [-0.1, -0.05) is 11.6 Å².